The summed E-state index contributed by atoms with van der Waals surface area (Å²) in [4.78, 5) is 11.4. The minimum Gasteiger partial charge on any atom is -0.382 e. The molecular formula is C16H24N2O. The van der Waals surface area contributed by atoms with Gasteiger partial charge in [0.05, 0.1) is 0 Å². The lowest BCUT2D eigenvalue weighted by molar-refractivity contribution is -0.115. The molecule has 0 aromatic heterocycles. The topological polar surface area (TPSA) is 41.1 Å². The Balaban J connectivity index is 2.06. The highest BCUT2D eigenvalue weighted by Crippen LogP contribution is 2.29. The average Bonchev–Trinajstić information content (AvgIpc) is 2.79. The number of hydrogen-bond acceptors (Lipinski definition) is 2. The summed E-state index contributed by atoms with van der Waals surface area (Å²) in [6.07, 6.45) is 4.30. The maximum atomic E-state index is 11.4. The molecule has 19 heavy (non-hydrogen) atoms. The van der Waals surface area contributed by atoms with Gasteiger partial charge in [0.15, 0.2) is 0 Å². The van der Waals surface area contributed by atoms with E-state index in [1.165, 1.54) is 24.8 Å². The van der Waals surface area contributed by atoms with Crippen LogP contribution in [0.1, 0.15) is 45.1 Å². The molecule has 0 heterocycles. The number of amides is 1. The highest BCUT2D eigenvalue weighted by Gasteiger charge is 2.21. The lowest BCUT2D eigenvalue weighted by Crippen LogP contribution is -2.16. The van der Waals surface area contributed by atoms with Crippen LogP contribution in [0.15, 0.2) is 18.2 Å². The summed E-state index contributed by atoms with van der Waals surface area (Å²) in [6.45, 7) is 6.28. The molecule has 2 unspecified atom stereocenters. The second-order valence-corrected chi connectivity index (χ2v) is 5.69. The van der Waals surface area contributed by atoms with Crippen molar-refractivity contribution in [3.05, 3.63) is 23.8 Å². The standard InChI is InChI=1S/C16H24N2O/c1-4-16(19)18-14-8-6-12(3)15(10-14)17-13-7-5-11(2)9-13/h6,8,10-11,13,17H,4-5,7,9H2,1-3H3,(H,18,19). The molecule has 0 saturated heterocycles. The molecule has 1 fully saturated rings. The minimum absolute atomic E-state index is 0.0595. The van der Waals surface area contributed by atoms with Gasteiger partial charge in [-0.3, -0.25) is 4.79 Å². The van der Waals surface area contributed by atoms with Crippen LogP contribution in [0.3, 0.4) is 0 Å². The third kappa shape index (κ3) is 3.72. The van der Waals surface area contributed by atoms with Gasteiger partial charge in [0.2, 0.25) is 5.91 Å². The molecule has 104 valence electrons. The average molecular weight is 260 g/mol. The largest absolute Gasteiger partial charge is 0.382 e. The molecule has 1 aromatic carbocycles. The maximum absolute atomic E-state index is 11.4. The van der Waals surface area contributed by atoms with E-state index in [9.17, 15) is 4.79 Å². The molecule has 2 atom stereocenters. The van der Waals surface area contributed by atoms with Gasteiger partial charge in [0.25, 0.3) is 0 Å². The second-order valence-electron chi connectivity index (χ2n) is 5.69. The van der Waals surface area contributed by atoms with E-state index in [2.05, 4.69) is 30.5 Å². The highest BCUT2D eigenvalue weighted by molar-refractivity contribution is 5.91. The van der Waals surface area contributed by atoms with Gasteiger partial charge in [-0.15, -0.1) is 0 Å². The number of benzene rings is 1. The van der Waals surface area contributed by atoms with E-state index < -0.39 is 0 Å². The number of aryl methyl sites for hydroxylation is 1. The van der Waals surface area contributed by atoms with E-state index in [-0.39, 0.29) is 5.91 Å². The zero-order valence-electron chi connectivity index (χ0n) is 12.1. The molecule has 0 bridgehead atoms. The fourth-order valence-electron chi connectivity index (χ4n) is 2.66. The first-order chi connectivity index (χ1) is 9.08. The molecular weight excluding hydrogens is 236 g/mol. The van der Waals surface area contributed by atoms with Gasteiger partial charge in [0, 0.05) is 23.8 Å². The van der Waals surface area contributed by atoms with Crippen molar-refractivity contribution in [3.8, 4) is 0 Å². The first-order valence-electron chi connectivity index (χ1n) is 7.25. The number of hydrogen-bond donors (Lipinski definition) is 2. The second kappa shape index (κ2) is 6.09. The Morgan fingerprint density at radius 2 is 2.16 bits per heavy atom. The molecule has 3 heteroatoms. The van der Waals surface area contributed by atoms with E-state index in [1.807, 2.05) is 19.1 Å². The SMILES string of the molecule is CCC(=O)Nc1ccc(C)c(NC2CCC(C)C2)c1. The zero-order chi connectivity index (χ0) is 13.8. The van der Waals surface area contributed by atoms with Gasteiger partial charge >= 0.3 is 0 Å². The van der Waals surface area contributed by atoms with Crippen LogP contribution in [0.4, 0.5) is 11.4 Å². The summed E-state index contributed by atoms with van der Waals surface area (Å²) in [5, 5.41) is 6.53. The monoisotopic (exact) mass is 260 g/mol. The fraction of sp³-hybridized carbons (Fsp3) is 0.562. The normalized spacial score (nSPS) is 22.3. The number of nitrogens with one attached hydrogen (secondary N) is 2. The molecule has 2 N–H and O–H groups in total. The number of rotatable bonds is 4. The van der Waals surface area contributed by atoms with E-state index in [0.717, 1.165) is 17.3 Å². The molecule has 1 saturated carbocycles. The van der Waals surface area contributed by atoms with Crippen molar-refractivity contribution in [2.45, 2.75) is 52.5 Å². The third-order valence-corrected chi connectivity index (χ3v) is 3.90. The maximum Gasteiger partial charge on any atom is 0.224 e. The highest BCUT2D eigenvalue weighted by atomic mass is 16.1. The van der Waals surface area contributed by atoms with E-state index >= 15 is 0 Å². The number of carbonyl (C=O) groups excluding carboxylic acids is 1. The van der Waals surface area contributed by atoms with Gasteiger partial charge in [-0.05, 0) is 49.8 Å². The Labute approximate surface area is 115 Å². The smallest absolute Gasteiger partial charge is 0.224 e. The van der Waals surface area contributed by atoms with Crippen molar-refractivity contribution in [3.63, 3.8) is 0 Å². The Bertz CT molecular complexity index is 456. The lowest BCUT2D eigenvalue weighted by atomic mass is 10.1. The molecule has 1 aliphatic carbocycles. The van der Waals surface area contributed by atoms with Crippen molar-refractivity contribution in [1.82, 2.24) is 0 Å². The first kappa shape index (κ1) is 13.9. The van der Waals surface area contributed by atoms with Crippen LogP contribution in [-0.4, -0.2) is 11.9 Å². The van der Waals surface area contributed by atoms with Gasteiger partial charge in [-0.25, -0.2) is 0 Å². The van der Waals surface area contributed by atoms with Crippen molar-refractivity contribution < 1.29 is 4.79 Å². The Kier molecular flexibility index (Phi) is 4.46. The molecule has 0 spiro atoms. The van der Waals surface area contributed by atoms with Crippen LogP contribution in [0.5, 0.6) is 0 Å². The van der Waals surface area contributed by atoms with Crippen LogP contribution in [0.2, 0.25) is 0 Å². The quantitative estimate of drug-likeness (QED) is 0.860. The Hall–Kier alpha value is -1.51. The van der Waals surface area contributed by atoms with Crippen LogP contribution < -0.4 is 10.6 Å². The van der Waals surface area contributed by atoms with Crippen LogP contribution in [0, 0.1) is 12.8 Å². The molecule has 1 amide bonds. The van der Waals surface area contributed by atoms with Gasteiger partial charge < -0.3 is 10.6 Å². The molecule has 1 aromatic rings. The molecule has 3 nitrogen and oxygen atoms in total. The summed E-state index contributed by atoms with van der Waals surface area (Å²) in [5.74, 6) is 0.880. The molecule has 0 radical (unpaired) electrons. The predicted molar refractivity (Wildman–Crippen MR) is 80.5 cm³/mol. The summed E-state index contributed by atoms with van der Waals surface area (Å²) >= 11 is 0. The molecule has 2 rings (SSSR count). The zero-order valence-corrected chi connectivity index (χ0v) is 12.1. The van der Waals surface area contributed by atoms with Crippen molar-refractivity contribution in [1.29, 1.82) is 0 Å². The van der Waals surface area contributed by atoms with Crippen molar-refractivity contribution >= 4 is 17.3 Å². The number of anilines is 2. The van der Waals surface area contributed by atoms with Crippen LogP contribution in [0.25, 0.3) is 0 Å². The van der Waals surface area contributed by atoms with Crippen molar-refractivity contribution in [2.75, 3.05) is 10.6 Å². The minimum atomic E-state index is 0.0595. The first-order valence-corrected chi connectivity index (χ1v) is 7.25. The van der Waals surface area contributed by atoms with Gasteiger partial charge in [0.1, 0.15) is 0 Å². The summed E-state index contributed by atoms with van der Waals surface area (Å²) in [5.41, 5.74) is 3.26. The number of carbonyl (C=O) groups is 1. The Morgan fingerprint density at radius 1 is 1.37 bits per heavy atom. The summed E-state index contributed by atoms with van der Waals surface area (Å²) in [7, 11) is 0. The van der Waals surface area contributed by atoms with E-state index in [0.29, 0.717) is 12.5 Å². The molecule has 1 aliphatic rings. The van der Waals surface area contributed by atoms with E-state index in [1.54, 1.807) is 0 Å². The predicted octanol–water partition coefficient (Wildman–Crippen LogP) is 3.94. The lowest BCUT2D eigenvalue weighted by Gasteiger charge is -2.17. The van der Waals surface area contributed by atoms with Crippen LogP contribution >= 0.6 is 0 Å². The van der Waals surface area contributed by atoms with Gasteiger partial charge in [-0.2, -0.15) is 0 Å². The van der Waals surface area contributed by atoms with E-state index in [4.69, 9.17) is 0 Å². The van der Waals surface area contributed by atoms with Gasteiger partial charge in [-0.1, -0.05) is 19.9 Å². The summed E-state index contributed by atoms with van der Waals surface area (Å²) in [6, 6.07) is 6.65. The third-order valence-electron chi connectivity index (χ3n) is 3.90. The van der Waals surface area contributed by atoms with Crippen molar-refractivity contribution in [2.24, 2.45) is 5.92 Å². The fourth-order valence-corrected chi connectivity index (χ4v) is 2.66. The van der Waals surface area contributed by atoms with Crippen LogP contribution in [-0.2, 0) is 4.79 Å². The molecule has 0 aliphatic heterocycles. The Morgan fingerprint density at radius 3 is 2.79 bits per heavy atom. The summed E-state index contributed by atoms with van der Waals surface area (Å²) < 4.78 is 0.